The quantitative estimate of drug-likeness (QED) is 0.271. The fraction of sp³-hybridized carbons (Fsp3) is 0.375. The first-order chi connectivity index (χ1) is 16.9. The number of aliphatic hydroxyl groups is 1. The van der Waals surface area contributed by atoms with Crippen LogP contribution in [0.5, 0.6) is 0 Å². The second-order valence-corrected chi connectivity index (χ2v) is 14.4. The van der Waals surface area contributed by atoms with Crippen LogP contribution in [0.1, 0.15) is 42.2 Å². The normalized spacial score (nSPS) is 22.7. The second-order valence-electron chi connectivity index (χ2n) is 8.67. The number of carbonyl (C=O) groups excluding carboxylic acids is 2. The number of nitrogens with one attached hydrogen (secondary N) is 1. The van der Waals surface area contributed by atoms with E-state index in [1.807, 2.05) is 4.01 Å². The zero-order chi connectivity index (χ0) is 26.4. The van der Waals surface area contributed by atoms with Crippen molar-refractivity contribution in [3.05, 3.63) is 64.2 Å². The van der Waals surface area contributed by atoms with Crippen molar-refractivity contribution < 1.29 is 31.9 Å². The maximum atomic E-state index is 14.6. The standard InChI is InChI=1S/C24H24ClF2IN2O5S/c1-3-36(34,35)14-6-4-5-13(7-14)24(33)30-20(10-19-21(30)11-28-19)23(32)29-22(12(2)31)15-8-18(27)16(25)9-17(15)26/h4-9,11-12,19-22,31H,3,10H2,1-2H3,(H,29,32)/t12-,19+,20+,21+,22+/m0/s1. The zero-order valence-electron chi connectivity index (χ0n) is 19.3. The largest absolute Gasteiger partial charge is 0.391 e. The van der Waals surface area contributed by atoms with Crippen molar-refractivity contribution in [2.45, 2.75) is 53.3 Å². The number of sulfone groups is 1. The molecule has 2 heterocycles. The summed E-state index contributed by atoms with van der Waals surface area (Å²) in [6.45, 7) is 2.84. The predicted molar refractivity (Wildman–Crippen MR) is 140 cm³/mol. The van der Waals surface area contributed by atoms with E-state index in [0.717, 1.165) is 12.1 Å². The molecule has 7 nitrogen and oxygen atoms in total. The van der Waals surface area contributed by atoms with Crippen LogP contribution in [0.4, 0.5) is 8.78 Å². The van der Waals surface area contributed by atoms with Crippen LogP contribution in [0, 0.1) is 11.6 Å². The summed E-state index contributed by atoms with van der Waals surface area (Å²) in [7, 11) is -3.54. The van der Waals surface area contributed by atoms with Crippen LogP contribution in [0.25, 0.3) is 0 Å². The summed E-state index contributed by atoms with van der Waals surface area (Å²) < 4.78 is 55.4. The maximum Gasteiger partial charge on any atom is 0.255 e. The van der Waals surface area contributed by atoms with Crippen LogP contribution in [0.15, 0.2) is 41.3 Å². The van der Waals surface area contributed by atoms with Gasteiger partial charge in [0.1, 0.15) is 17.7 Å². The molecule has 2 aliphatic heterocycles. The van der Waals surface area contributed by atoms with Crippen molar-refractivity contribution in [1.82, 2.24) is 10.2 Å². The minimum Gasteiger partial charge on any atom is -0.391 e. The highest BCUT2D eigenvalue weighted by Crippen LogP contribution is 2.41. The molecule has 0 aliphatic carbocycles. The molecule has 0 saturated carbocycles. The molecule has 12 heteroatoms. The van der Waals surface area contributed by atoms with E-state index in [0.29, 0.717) is 6.42 Å². The van der Waals surface area contributed by atoms with Gasteiger partial charge >= 0.3 is 0 Å². The first kappa shape index (κ1) is 27.1. The lowest BCUT2D eigenvalue weighted by molar-refractivity contribution is -0.126. The molecule has 2 aliphatic rings. The number of amides is 2. The Balaban J connectivity index is 1.63. The highest BCUT2D eigenvalue weighted by molar-refractivity contribution is 14.2. The highest BCUT2D eigenvalue weighted by atomic mass is 127. The van der Waals surface area contributed by atoms with E-state index in [1.54, 1.807) is 0 Å². The van der Waals surface area contributed by atoms with Crippen LogP contribution in [-0.2, 0) is 14.6 Å². The molecule has 2 aromatic rings. The average molecular weight is 653 g/mol. The number of likely N-dealkylation sites (tertiary alicyclic amines) is 1. The van der Waals surface area contributed by atoms with E-state index in [9.17, 15) is 31.9 Å². The van der Waals surface area contributed by atoms with Gasteiger partial charge in [-0.3, -0.25) is 9.59 Å². The molecule has 0 aromatic heterocycles. The van der Waals surface area contributed by atoms with E-state index in [-0.39, 0.29) is 52.5 Å². The van der Waals surface area contributed by atoms with Gasteiger partial charge in [-0.15, -0.1) is 20.7 Å². The number of benzene rings is 2. The van der Waals surface area contributed by atoms with Crippen molar-refractivity contribution in [2.75, 3.05) is 5.75 Å². The molecule has 2 amide bonds. The number of rotatable bonds is 7. The molecule has 194 valence electrons. The van der Waals surface area contributed by atoms with E-state index in [1.165, 1.54) is 43.0 Å². The molecule has 36 heavy (non-hydrogen) atoms. The van der Waals surface area contributed by atoms with E-state index < -0.39 is 56.5 Å². The maximum absolute atomic E-state index is 14.6. The third kappa shape index (κ3) is 5.07. The van der Waals surface area contributed by atoms with Gasteiger partial charge in [-0.2, -0.15) is 0 Å². The lowest BCUT2D eigenvalue weighted by Crippen LogP contribution is -2.52. The summed E-state index contributed by atoms with van der Waals surface area (Å²) in [5.74, 6) is -3.02. The van der Waals surface area contributed by atoms with Gasteiger partial charge in [0.05, 0.1) is 33.9 Å². The van der Waals surface area contributed by atoms with E-state index in [4.69, 9.17) is 11.6 Å². The Bertz CT molecular complexity index is 1350. The van der Waals surface area contributed by atoms with Crippen LogP contribution in [0.2, 0.25) is 5.02 Å². The number of nitrogens with zero attached hydrogens (tertiary/aromatic N) is 1. The Kier molecular flexibility index (Phi) is 7.84. The van der Waals surface area contributed by atoms with Crippen molar-refractivity contribution in [3.8, 4) is 0 Å². The second kappa shape index (κ2) is 10.4. The summed E-state index contributed by atoms with van der Waals surface area (Å²) >= 11 is 5.32. The Morgan fingerprint density at radius 2 is 1.97 bits per heavy atom. The molecule has 0 radical (unpaired) electrons. The molecule has 1 saturated heterocycles. The lowest BCUT2D eigenvalue weighted by Gasteiger charge is -2.33. The highest BCUT2D eigenvalue weighted by Gasteiger charge is 2.49. The molecule has 4 rings (SSSR count). The van der Waals surface area contributed by atoms with Gasteiger partial charge in [-0.05, 0) is 47.7 Å². The van der Waals surface area contributed by atoms with Crippen molar-refractivity contribution in [3.63, 3.8) is 0 Å². The summed E-state index contributed by atoms with van der Waals surface area (Å²) in [6, 6.07) is 4.85. The molecule has 2 aromatic carbocycles. The summed E-state index contributed by atoms with van der Waals surface area (Å²) in [5.41, 5.74) is -0.130. The van der Waals surface area contributed by atoms with Crippen LogP contribution in [-0.4, -0.2) is 62.1 Å². The predicted octanol–water partition coefficient (Wildman–Crippen LogP) is 3.39. The smallest absolute Gasteiger partial charge is 0.255 e. The van der Waals surface area contributed by atoms with E-state index >= 15 is 0 Å². The topological polar surface area (TPSA) is 104 Å². The molecule has 0 bridgehead atoms. The van der Waals surface area contributed by atoms with Gasteiger partial charge < -0.3 is 15.3 Å². The number of alkyl halides is 1. The van der Waals surface area contributed by atoms with Crippen LogP contribution < -0.4 is 5.32 Å². The first-order valence-electron chi connectivity index (χ1n) is 11.2. The number of hydrogen-bond acceptors (Lipinski definition) is 5. The molecular formula is C24H24ClF2IN2O5S. The zero-order valence-corrected chi connectivity index (χ0v) is 23.0. The number of fused-ring (bicyclic) bond motifs is 1. The Morgan fingerprint density at radius 1 is 1.25 bits per heavy atom. The third-order valence-corrected chi connectivity index (χ3v) is 11.7. The van der Waals surface area contributed by atoms with Crippen molar-refractivity contribution in [2.24, 2.45) is 0 Å². The summed E-state index contributed by atoms with van der Waals surface area (Å²) in [6.07, 6.45) is -0.885. The van der Waals surface area contributed by atoms with Gasteiger partial charge in [-0.25, -0.2) is 17.2 Å². The molecule has 0 unspecified atom stereocenters. The summed E-state index contributed by atoms with van der Waals surface area (Å²) in [5, 5.41) is 12.4. The SMILES string of the molecule is CCS(=O)(=O)c1cccc(C(=O)N2[C@@H](C(=O)N[C@@H](c3cc(F)c(Cl)cc3F)[C@H](C)O)C[C@H]3I=C[C@H]32)c1. The van der Waals surface area contributed by atoms with Gasteiger partial charge in [0, 0.05) is 15.1 Å². The number of halogens is 4. The van der Waals surface area contributed by atoms with Crippen LogP contribution in [0.3, 0.4) is 0 Å². The third-order valence-electron chi connectivity index (χ3n) is 6.35. The number of aliphatic hydroxyl groups excluding tert-OH is 1. The summed E-state index contributed by atoms with van der Waals surface area (Å²) in [4.78, 5) is 28.3. The molecular weight excluding hydrogens is 629 g/mol. The minimum atomic E-state index is -3.54. The monoisotopic (exact) mass is 652 g/mol. The fourth-order valence-corrected chi connectivity index (χ4v) is 8.25. The fourth-order valence-electron chi connectivity index (χ4n) is 4.33. The molecule has 0 spiro atoms. The number of hydrogen-bond donors (Lipinski definition) is 2. The molecule has 5 atom stereocenters. The Morgan fingerprint density at radius 3 is 2.58 bits per heavy atom. The van der Waals surface area contributed by atoms with Gasteiger partial charge in [0.25, 0.3) is 5.91 Å². The van der Waals surface area contributed by atoms with Gasteiger partial charge in [0.15, 0.2) is 9.84 Å². The Hall–Kier alpha value is -1.96. The Labute approximate surface area is 222 Å². The van der Waals surface area contributed by atoms with Crippen molar-refractivity contribution >= 4 is 58.0 Å². The van der Waals surface area contributed by atoms with E-state index in [2.05, 4.69) is 5.32 Å². The minimum absolute atomic E-state index is 0.0204. The van der Waals surface area contributed by atoms with Gasteiger partial charge in [0.2, 0.25) is 5.91 Å². The lowest BCUT2D eigenvalue weighted by atomic mass is 10.0. The van der Waals surface area contributed by atoms with Crippen molar-refractivity contribution in [1.29, 1.82) is 0 Å². The van der Waals surface area contributed by atoms with Gasteiger partial charge in [-0.1, -0.05) is 24.6 Å². The average Bonchev–Trinajstić information content (AvgIpc) is 3.09. The molecule has 1 fully saturated rings. The first-order valence-corrected chi connectivity index (χ1v) is 15.7. The van der Waals surface area contributed by atoms with Crippen LogP contribution >= 0.6 is 32.3 Å². The number of carbonyl (C=O) groups is 2. The molecule has 2 N–H and O–H groups in total.